The Morgan fingerprint density at radius 3 is 1.01 bits per heavy atom. The van der Waals surface area contributed by atoms with Gasteiger partial charge in [-0.2, -0.15) is 0 Å². The van der Waals surface area contributed by atoms with E-state index in [-0.39, 0.29) is 0 Å². The molecule has 2 aliphatic rings. The normalized spacial score (nSPS) is 12.7. The van der Waals surface area contributed by atoms with Gasteiger partial charge in [0, 0.05) is 66.4 Å². The fourth-order valence-corrected chi connectivity index (χ4v) is 14.1. The maximum absolute atomic E-state index is 7.54. The lowest BCUT2D eigenvalue weighted by Gasteiger charge is -2.44. The molecule has 0 atom stereocenters. The van der Waals surface area contributed by atoms with Gasteiger partial charge in [0.1, 0.15) is 22.3 Å². The molecule has 0 N–H and O–H groups in total. The van der Waals surface area contributed by atoms with Crippen LogP contribution < -0.4 is 26.2 Å². The van der Waals surface area contributed by atoms with Gasteiger partial charge in [0.2, 0.25) is 0 Å². The summed E-state index contributed by atoms with van der Waals surface area (Å²) in [5.41, 5.74) is 25.4. The van der Waals surface area contributed by atoms with Crippen molar-refractivity contribution in [1.82, 2.24) is 4.57 Å². The second-order valence-electron chi connectivity index (χ2n) is 22.2. The van der Waals surface area contributed by atoms with E-state index in [0.717, 1.165) is 144 Å². The topological polar surface area (TPSA) is 37.7 Å². The standard InChI is InChI=1S/C78H48BN3O2/c1-5-21-49(22-6-1)51-37-41-55(42-38-51)80-66-45-57(82-64-33-17-13-29-58(64)59-30-14-18-34-65(59)82)46-67-74(66)79(75-68(80)47-62(53-25-9-3-10-26-53)72-60-31-15-19-35-70(60)83-77(72)75)76-69(81(67)56-43-39-52(40-44-56)50-23-7-2-8-24-50)48-63(54-27-11-4-12-28-54)73-61-32-16-20-36-71(61)84-78(73)76/h1-48H. The molecule has 0 bridgehead atoms. The molecular weight excluding hydrogens is 1020 g/mol. The number of benzene rings is 13. The molecule has 3 aromatic heterocycles. The lowest BCUT2D eigenvalue weighted by molar-refractivity contribution is 0.671. The van der Waals surface area contributed by atoms with Crippen molar-refractivity contribution in [2.75, 3.05) is 9.80 Å². The van der Waals surface area contributed by atoms with Gasteiger partial charge in [0.15, 0.2) is 0 Å². The van der Waals surface area contributed by atoms with Gasteiger partial charge in [0.05, 0.1) is 16.7 Å². The predicted molar refractivity (Wildman–Crippen MR) is 351 cm³/mol. The minimum atomic E-state index is -0.396. The summed E-state index contributed by atoms with van der Waals surface area (Å²) in [6.45, 7) is -0.396. The van der Waals surface area contributed by atoms with E-state index >= 15 is 0 Å². The molecule has 6 heteroatoms. The van der Waals surface area contributed by atoms with Crippen molar-refractivity contribution in [2.24, 2.45) is 0 Å². The number of nitrogens with zero attached hydrogens (tertiary/aromatic N) is 3. The Labute approximate surface area is 484 Å². The fraction of sp³-hybridized carbons (Fsp3) is 0. The van der Waals surface area contributed by atoms with E-state index in [4.69, 9.17) is 8.83 Å². The maximum atomic E-state index is 7.54. The Hall–Kier alpha value is -11.1. The lowest BCUT2D eigenvalue weighted by Crippen LogP contribution is -2.61. The molecule has 5 heterocycles. The van der Waals surface area contributed by atoms with Gasteiger partial charge >= 0.3 is 0 Å². The molecule has 18 rings (SSSR count). The summed E-state index contributed by atoms with van der Waals surface area (Å²) in [7, 11) is 0. The Morgan fingerprint density at radius 2 is 0.595 bits per heavy atom. The van der Waals surface area contributed by atoms with E-state index in [9.17, 15) is 0 Å². The van der Waals surface area contributed by atoms with Gasteiger partial charge in [-0.25, -0.2) is 0 Å². The van der Waals surface area contributed by atoms with Crippen molar-refractivity contribution in [2.45, 2.75) is 0 Å². The molecule has 0 aliphatic carbocycles. The number of para-hydroxylation sites is 4. The third-order valence-corrected chi connectivity index (χ3v) is 17.8. The molecule has 5 nitrogen and oxygen atoms in total. The first-order chi connectivity index (χ1) is 41.7. The first-order valence-corrected chi connectivity index (χ1v) is 28.8. The average Bonchev–Trinajstić information content (AvgIpc) is 1.15. The van der Waals surface area contributed by atoms with Crippen LogP contribution in [0.4, 0.5) is 34.1 Å². The van der Waals surface area contributed by atoms with E-state index in [0.29, 0.717) is 0 Å². The summed E-state index contributed by atoms with van der Waals surface area (Å²) >= 11 is 0. The quantitative estimate of drug-likeness (QED) is 0.149. The van der Waals surface area contributed by atoms with Gasteiger partial charge in [-0.05, 0) is 134 Å². The summed E-state index contributed by atoms with van der Waals surface area (Å²) in [6.07, 6.45) is 0. The highest BCUT2D eigenvalue weighted by molar-refractivity contribution is 7.03. The van der Waals surface area contributed by atoms with E-state index in [1.54, 1.807) is 0 Å². The SMILES string of the molecule is c1ccc(-c2ccc(N3c4cc(-n5c6ccccc6c6ccccc65)cc5c4B(c4c3cc(-c3ccccc3)c3c4oc4ccccc43)c3c(cc(-c4ccccc4)c4c3oc3ccccc34)N5c3ccc(-c4ccccc4)cc3)cc2)cc1. The van der Waals surface area contributed by atoms with E-state index in [1.807, 2.05) is 0 Å². The van der Waals surface area contributed by atoms with E-state index < -0.39 is 6.71 Å². The van der Waals surface area contributed by atoms with Crippen LogP contribution in [0.15, 0.2) is 300 Å². The zero-order valence-corrected chi connectivity index (χ0v) is 45.4. The van der Waals surface area contributed by atoms with Crippen molar-refractivity contribution in [1.29, 1.82) is 0 Å². The minimum Gasteiger partial charge on any atom is -0.456 e. The molecule has 390 valence electrons. The summed E-state index contributed by atoms with van der Waals surface area (Å²) in [4.78, 5) is 5.07. The number of furan rings is 2. The Balaban J connectivity index is 1.04. The predicted octanol–water partition coefficient (Wildman–Crippen LogP) is 19.3. The number of hydrogen-bond donors (Lipinski definition) is 0. The molecule has 13 aromatic carbocycles. The van der Waals surface area contributed by atoms with Gasteiger partial charge in [-0.15, -0.1) is 0 Å². The van der Waals surface area contributed by atoms with Crippen LogP contribution in [0.5, 0.6) is 0 Å². The van der Waals surface area contributed by atoms with Crippen molar-refractivity contribution < 1.29 is 8.83 Å². The highest BCUT2D eigenvalue weighted by Crippen LogP contribution is 2.52. The molecule has 0 saturated heterocycles. The first-order valence-electron chi connectivity index (χ1n) is 28.8. The second kappa shape index (κ2) is 18.2. The highest BCUT2D eigenvalue weighted by Gasteiger charge is 2.48. The lowest BCUT2D eigenvalue weighted by atomic mass is 9.33. The van der Waals surface area contributed by atoms with Crippen LogP contribution >= 0.6 is 0 Å². The van der Waals surface area contributed by atoms with Gasteiger partial charge in [0.25, 0.3) is 6.71 Å². The fourth-order valence-electron chi connectivity index (χ4n) is 14.1. The molecule has 0 amide bonds. The monoisotopic (exact) mass is 1070 g/mol. The van der Waals surface area contributed by atoms with Crippen LogP contribution in [-0.2, 0) is 0 Å². The van der Waals surface area contributed by atoms with Crippen LogP contribution in [0, 0.1) is 0 Å². The van der Waals surface area contributed by atoms with Crippen LogP contribution in [0.3, 0.4) is 0 Å². The van der Waals surface area contributed by atoms with Gasteiger partial charge < -0.3 is 23.2 Å². The van der Waals surface area contributed by atoms with Crippen molar-refractivity contribution >= 4 is 123 Å². The number of fused-ring (bicyclic) bond motifs is 15. The third-order valence-electron chi connectivity index (χ3n) is 17.8. The summed E-state index contributed by atoms with van der Waals surface area (Å²) in [5, 5.41) is 6.73. The van der Waals surface area contributed by atoms with E-state index in [1.165, 1.54) is 21.9 Å². The highest BCUT2D eigenvalue weighted by atomic mass is 16.3. The molecule has 0 saturated carbocycles. The van der Waals surface area contributed by atoms with Crippen molar-refractivity contribution in [3.63, 3.8) is 0 Å². The van der Waals surface area contributed by atoms with Gasteiger partial charge in [-0.3, -0.25) is 0 Å². The Morgan fingerprint density at radius 1 is 0.262 bits per heavy atom. The smallest absolute Gasteiger partial charge is 0.261 e. The maximum Gasteiger partial charge on any atom is 0.261 e. The first kappa shape index (κ1) is 46.7. The Kier molecular flexibility index (Phi) is 10.1. The van der Waals surface area contributed by atoms with Crippen LogP contribution in [0.1, 0.15) is 0 Å². The summed E-state index contributed by atoms with van der Waals surface area (Å²) in [5.74, 6) is 0. The zero-order valence-electron chi connectivity index (χ0n) is 45.4. The number of hydrogen-bond acceptors (Lipinski definition) is 4. The molecule has 16 aromatic rings. The largest absolute Gasteiger partial charge is 0.456 e. The van der Waals surface area contributed by atoms with E-state index in [2.05, 4.69) is 306 Å². The molecular formula is C78H48BN3O2. The Bertz CT molecular complexity index is 4980. The third kappa shape index (κ3) is 6.85. The number of aromatic nitrogens is 1. The zero-order chi connectivity index (χ0) is 55.0. The molecule has 0 fully saturated rings. The molecule has 0 spiro atoms. The molecule has 0 unspecified atom stereocenters. The molecule has 2 aliphatic heterocycles. The van der Waals surface area contributed by atoms with Crippen LogP contribution in [-0.4, -0.2) is 11.3 Å². The van der Waals surface area contributed by atoms with Gasteiger partial charge in [-0.1, -0.05) is 218 Å². The molecule has 84 heavy (non-hydrogen) atoms. The average molecular weight is 1070 g/mol. The number of anilines is 6. The molecule has 0 radical (unpaired) electrons. The second-order valence-corrected chi connectivity index (χ2v) is 22.2. The summed E-state index contributed by atoms with van der Waals surface area (Å²) < 4.78 is 17.5. The van der Waals surface area contributed by atoms with Crippen LogP contribution in [0.25, 0.3) is 116 Å². The summed E-state index contributed by atoms with van der Waals surface area (Å²) in [6, 6.07) is 106. The number of rotatable bonds is 7. The van der Waals surface area contributed by atoms with Crippen molar-refractivity contribution in [3.8, 4) is 50.2 Å². The van der Waals surface area contributed by atoms with Crippen molar-refractivity contribution in [3.05, 3.63) is 291 Å². The minimum absolute atomic E-state index is 0.396. The van der Waals surface area contributed by atoms with Crippen LogP contribution in [0.2, 0.25) is 0 Å².